The van der Waals surface area contributed by atoms with Gasteiger partial charge in [-0.2, -0.15) is 0 Å². The molecule has 0 N–H and O–H groups in total. The van der Waals surface area contributed by atoms with Crippen LogP contribution in [0, 0.1) is 34.6 Å². The third-order valence-corrected chi connectivity index (χ3v) is 12.5. The van der Waals surface area contributed by atoms with Crippen molar-refractivity contribution in [3.05, 3.63) is 204 Å². The first-order valence-electron chi connectivity index (χ1n) is 21.1. The Hall–Kier alpha value is -7.42. The highest BCUT2D eigenvalue weighted by Gasteiger charge is 2.18. The zero-order valence-electron chi connectivity index (χ0n) is 35.1. The van der Waals surface area contributed by atoms with Gasteiger partial charge in [-0.3, -0.25) is 0 Å². The van der Waals surface area contributed by atoms with E-state index in [0.717, 1.165) is 82.8 Å². The Morgan fingerprint density at radius 3 is 1.31 bits per heavy atom. The number of furan rings is 2. The van der Waals surface area contributed by atoms with Gasteiger partial charge in [0, 0.05) is 27.1 Å². The first kappa shape index (κ1) is 36.6. The number of rotatable bonds is 6. The second-order valence-corrected chi connectivity index (χ2v) is 16.9. The highest BCUT2D eigenvalue weighted by molar-refractivity contribution is 6.12. The number of aryl methyl sites for hydroxylation is 5. The van der Waals surface area contributed by atoms with Gasteiger partial charge in [-0.15, -0.1) is 0 Å². The Labute approximate surface area is 356 Å². The summed E-state index contributed by atoms with van der Waals surface area (Å²) in [6.07, 6.45) is 0. The summed E-state index contributed by atoms with van der Waals surface area (Å²) in [5.41, 5.74) is 24.0. The normalized spacial score (nSPS) is 11.7. The van der Waals surface area contributed by atoms with Crippen LogP contribution in [0.15, 0.2) is 185 Å². The third-order valence-electron chi connectivity index (χ3n) is 12.5. The minimum absolute atomic E-state index is 0.895. The molecule has 2 nitrogen and oxygen atoms in total. The van der Waals surface area contributed by atoms with E-state index in [2.05, 4.69) is 211 Å². The number of fused-ring (bicyclic) bond motifs is 6. The summed E-state index contributed by atoms with van der Waals surface area (Å²) >= 11 is 0. The molecule has 0 bridgehead atoms. The van der Waals surface area contributed by atoms with Gasteiger partial charge in [0.05, 0.1) is 0 Å². The monoisotopic (exact) mass is 784 g/mol. The summed E-state index contributed by atoms with van der Waals surface area (Å²) in [4.78, 5) is 0. The Morgan fingerprint density at radius 1 is 0.262 bits per heavy atom. The number of hydrogen-bond acceptors (Lipinski definition) is 2. The molecule has 9 aromatic carbocycles. The van der Waals surface area contributed by atoms with E-state index in [9.17, 15) is 0 Å². The quantitative estimate of drug-likeness (QED) is 0.168. The van der Waals surface area contributed by atoms with Crippen LogP contribution < -0.4 is 0 Å². The van der Waals surface area contributed by atoms with Gasteiger partial charge in [-0.05, 0) is 180 Å². The molecule has 292 valence electrons. The van der Waals surface area contributed by atoms with Crippen molar-refractivity contribution in [3.63, 3.8) is 0 Å². The maximum absolute atomic E-state index is 6.75. The molecule has 11 rings (SSSR count). The Balaban J connectivity index is 1.03. The van der Waals surface area contributed by atoms with E-state index in [1.54, 1.807) is 0 Å². The number of benzene rings is 9. The highest BCUT2D eigenvalue weighted by atomic mass is 16.3. The van der Waals surface area contributed by atoms with Crippen LogP contribution in [0.3, 0.4) is 0 Å². The summed E-state index contributed by atoms with van der Waals surface area (Å²) in [6, 6.07) is 64.4. The average molecular weight is 785 g/mol. The largest absolute Gasteiger partial charge is 0.456 e. The van der Waals surface area contributed by atoms with Gasteiger partial charge in [-0.25, -0.2) is 0 Å². The van der Waals surface area contributed by atoms with Crippen LogP contribution in [0.1, 0.15) is 27.8 Å². The van der Waals surface area contributed by atoms with Crippen LogP contribution in [0.2, 0.25) is 0 Å². The van der Waals surface area contributed by atoms with Gasteiger partial charge < -0.3 is 8.83 Å². The average Bonchev–Trinajstić information content (AvgIpc) is 3.83. The lowest BCUT2D eigenvalue weighted by atomic mass is 9.89. The van der Waals surface area contributed by atoms with E-state index in [0.29, 0.717) is 0 Å². The maximum atomic E-state index is 6.75. The van der Waals surface area contributed by atoms with Gasteiger partial charge in [0.15, 0.2) is 0 Å². The summed E-state index contributed by atoms with van der Waals surface area (Å²) < 4.78 is 13.0. The zero-order valence-corrected chi connectivity index (χ0v) is 35.1. The van der Waals surface area contributed by atoms with Crippen molar-refractivity contribution in [2.75, 3.05) is 0 Å². The predicted octanol–water partition coefficient (Wildman–Crippen LogP) is 17.0. The molecule has 61 heavy (non-hydrogen) atoms. The Morgan fingerprint density at radius 2 is 0.672 bits per heavy atom. The molecule has 0 amide bonds. The minimum Gasteiger partial charge on any atom is -0.456 e. The lowest BCUT2D eigenvalue weighted by molar-refractivity contribution is 0.669. The molecule has 0 saturated carbocycles. The molecule has 0 unspecified atom stereocenters. The van der Waals surface area contributed by atoms with E-state index in [1.165, 1.54) is 55.6 Å². The Bertz CT molecular complexity index is 3540. The van der Waals surface area contributed by atoms with E-state index >= 15 is 0 Å². The second-order valence-electron chi connectivity index (χ2n) is 16.9. The van der Waals surface area contributed by atoms with Crippen molar-refractivity contribution < 1.29 is 8.83 Å². The molecule has 2 heterocycles. The molecule has 0 aliphatic carbocycles. The van der Waals surface area contributed by atoms with Crippen molar-refractivity contribution in [3.8, 4) is 66.8 Å². The zero-order chi connectivity index (χ0) is 41.4. The lowest BCUT2D eigenvalue weighted by Gasteiger charge is -2.15. The smallest absolute Gasteiger partial charge is 0.143 e. The predicted molar refractivity (Wildman–Crippen MR) is 257 cm³/mol. The van der Waals surface area contributed by atoms with Crippen LogP contribution in [0.25, 0.3) is 111 Å². The van der Waals surface area contributed by atoms with Crippen molar-refractivity contribution in [2.45, 2.75) is 34.6 Å². The fourth-order valence-electron chi connectivity index (χ4n) is 9.20. The topological polar surface area (TPSA) is 26.3 Å². The van der Waals surface area contributed by atoms with Gasteiger partial charge in [-0.1, -0.05) is 120 Å². The SMILES string of the molecule is Cc1cccc(-c2ccc(C)c(-c3cc(-c4cccc(-c5cc(-c6cccc(-c7ccc8oc9ccc(C)cc9c8c7)c6)cc6c5oc5ccc(C)cc56)c4)ccc3C)c2)c1. The summed E-state index contributed by atoms with van der Waals surface area (Å²) in [5, 5.41) is 4.53. The van der Waals surface area contributed by atoms with Crippen LogP contribution in [0.4, 0.5) is 0 Å². The molecule has 0 radical (unpaired) electrons. The van der Waals surface area contributed by atoms with Crippen LogP contribution in [-0.4, -0.2) is 0 Å². The van der Waals surface area contributed by atoms with Crippen molar-refractivity contribution >= 4 is 43.9 Å². The van der Waals surface area contributed by atoms with Gasteiger partial charge in [0.25, 0.3) is 0 Å². The Kier molecular flexibility index (Phi) is 8.65. The van der Waals surface area contributed by atoms with E-state index in [1.807, 2.05) is 0 Å². The molecular formula is C59H44O2. The van der Waals surface area contributed by atoms with Crippen molar-refractivity contribution in [1.29, 1.82) is 0 Å². The van der Waals surface area contributed by atoms with E-state index < -0.39 is 0 Å². The molecule has 2 heteroatoms. The standard InChI is InChI=1S/C59H44O2/c1-35-9-6-10-40(25-35)44-19-17-38(4)49(30-44)50-31-45(20-18-39(50)5)42-12-8-14-47(29-42)51-33-48(34-55-53-27-37(3)16-23-58(53)61-59(51)55)43-13-7-11-41(28-43)46-21-24-57-54(32-46)52-26-36(2)15-22-56(52)60-57/h6-34H,1-5H3. The maximum Gasteiger partial charge on any atom is 0.143 e. The minimum atomic E-state index is 0.895. The molecule has 0 spiro atoms. The molecule has 0 atom stereocenters. The number of hydrogen-bond donors (Lipinski definition) is 0. The molecule has 0 aliphatic heterocycles. The fourth-order valence-corrected chi connectivity index (χ4v) is 9.20. The van der Waals surface area contributed by atoms with Crippen LogP contribution >= 0.6 is 0 Å². The van der Waals surface area contributed by atoms with Crippen LogP contribution in [-0.2, 0) is 0 Å². The van der Waals surface area contributed by atoms with Crippen molar-refractivity contribution in [2.24, 2.45) is 0 Å². The van der Waals surface area contributed by atoms with Gasteiger partial charge >= 0.3 is 0 Å². The third kappa shape index (κ3) is 6.53. The van der Waals surface area contributed by atoms with Crippen molar-refractivity contribution in [1.82, 2.24) is 0 Å². The summed E-state index contributed by atoms with van der Waals surface area (Å²) in [5.74, 6) is 0. The molecular weight excluding hydrogens is 741 g/mol. The summed E-state index contributed by atoms with van der Waals surface area (Å²) in [7, 11) is 0. The lowest BCUT2D eigenvalue weighted by Crippen LogP contribution is -1.91. The molecule has 0 saturated heterocycles. The van der Waals surface area contributed by atoms with Gasteiger partial charge in [0.1, 0.15) is 22.3 Å². The van der Waals surface area contributed by atoms with Crippen LogP contribution in [0.5, 0.6) is 0 Å². The van der Waals surface area contributed by atoms with Gasteiger partial charge in [0.2, 0.25) is 0 Å². The molecule has 11 aromatic rings. The second kappa shape index (κ2) is 14.4. The molecule has 0 aliphatic rings. The highest BCUT2D eigenvalue weighted by Crippen LogP contribution is 2.42. The fraction of sp³-hybridized carbons (Fsp3) is 0.0847. The van der Waals surface area contributed by atoms with E-state index in [4.69, 9.17) is 8.83 Å². The first-order chi connectivity index (χ1) is 29.7. The molecule has 0 fully saturated rings. The summed E-state index contributed by atoms with van der Waals surface area (Å²) in [6.45, 7) is 10.9. The first-order valence-corrected chi connectivity index (χ1v) is 21.1. The van der Waals surface area contributed by atoms with E-state index in [-0.39, 0.29) is 0 Å². The molecule has 2 aromatic heterocycles.